The van der Waals surface area contributed by atoms with Gasteiger partial charge in [-0.25, -0.2) is 0 Å². The number of fused-ring (bicyclic) bond motifs is 5. The predicted molar refractivity (Wildman–Crippen MR) is 185 cm³/mol. The number of benzene rings is 1. The molecule has 4 aliphatic carbocycles. The first kappa shape index (κ1) is 39.5. The lowest BCUT2D eigenvalue weighted by molar-refractivity contribution is -0.384. The Labute approximate surface area is 309 Å². The summed E-state index contributed by atoms with van der Waals surface area (Å²) in [5.41, 5.74) is -2.42. The molecule has 14 nitrogen and oxygen atoms in total. The van der Waals surface area contributed by atoms with Crippen LogP contribution in [0.25, 0.3) is 0 Å². The van der Waals surface area contributed by atoms with Gasteiger partial charge in [-0.15, -0.1) is 0 Å². The molecule has 0 saturated heterocycles. The number of aliphatic hydroxyl groups is 3. The number of nitrogens with zero attached hydrogens (tertiary/aromatic N) is 1. The van der Waals surface area contributed by atoms with Gasteiger partial charge in [0.05, 0.1) is 29.9 Å². The number of nitrogens with one attached hydrogen (secondary N) is 1. The van der Waals surface area contributed by atoms with Crippen LogP contribution in [0, 0.1) is 38.7 Å². The number of ketones is 2. The topological polar surface area (TPSA) is 220 Å². The summed E-state index contributed by atoms with van der Waals surface area (Å²) in [5.74, 6) is -3.74. The molecule has 1 unspecified atom stereocenters. The Bertz CT molecular complexity index is 1680. The summed E-state index contributed by atoms with van der Waals surface area (Å²) in [6.07, 6.45) is 3.99. The summed E-state index contributed by atoms with van der Waals surface area (Å²) in [5, 5.41) is 47.5. The van der Waals surface area contributed by atoms with Gasteiger partial charge < -0.3 is 30.1 Å². The number of hydrogen-bond donors (Lipinski definition) is 4. The van der Waals surface area contributed by atoms with Crippen molar-refractivity contribution < 1.29 is 53.7 Å². The summed E-state index contributed by atoms with van der Waals surface area (Å²) in [7, 11) is 0. The number of nitro benzene ring substituents is 1. The third-order valence-corrected chi connectivity index (χ3v) is 12.2. The van der Waals surface area contributed by atoms with Gasteiger partial charge in [-0.1, -0.05) is 48.7 Å². The van der Waals surface area contributed by atoms with Gasteiger partial charge in [-0.2, -0.15) is 0 Å². The maximum atomic E-state index is 13.5. The average molecular weight is 766 g/mol. The monoisotopic (exact) mass is 764 g/mol. The van der Waals surface area contributed by atoms with Crippen LogP contribution in [0.1, 0.15) is 70.5 Å². The predicted octanol–water partition coefficient (Wildman–Crippen LogP) is 3.36. The Morgan fingerprint density at radius 3 is 2.37 bits per heavy atom. The van der Waals surface area contributed by atoms with E-state index in [2.05, 4.69) is 5.32 Å². The van der Waals surface area contributed by atoms with Crippen LogP contribution >= 0.6 is 23.2 Å². The van der Waals surface area contributed by atoms with E-state index in [4.69, 9.17) is 32.7 Å². The summed E-state index contributed by atoms with van der Waals surface area (Å²) in [4.78, 5) is 71.7. The van der Waals surface area contributed by atoms with Crippen LogP contribution < -0.4 is 5.32 Å². The maximum absolute atomic E-state index is 13.5. The number of allylic oxidation sites excluding steroid dienone is 4. The summed E-state index contributed by atoms with van der Waals surface area (Å²) >= 11 is 11.2. The van der Waals surface area contributed by atoms with Gasteiger partial charge in [-0.3, -0.25) is 34.1 Å². The van der Waals surface area contributed by atoms with Crippen molar-refractivity contribution in [3.63, 3.8) is 0 Å². The van der Waals surface area contributed by atoms with Crippen LogP contribution in [0.2, 0.25) is 0 Å². The van der Waals surface area contributed by atoms with E-state index in [1.807, 2.05) is 19.9 Å². The molecule has 0 spiro atoms. The lowest BCUT2D eigenvalue weighted by atomic mass is 9.46. The number of nitro groups is 1. The Hall–Kier alpha value is -3.69. The average Bonchev–Trinajstić information content (AvgIpc) is 3.37. The van der Waals surface area contributed by atoms with Crippen molar-refractivity contribution in [2.45, 2.75) is 87.5 Å². The summed E-state index contributed by atoms with van der Waals surface area (Å²) in [6.45, 7) is 2.52. The molecule has 52 heavy (non-hydrogen) atoms. The molecule has 3 fully saturated rings. The van der Waals surface area contributed by atoms with Crippen molar-refractivity contribution in [3.8, 4) is 0 Å². The minimum absolute atomic E-state index is 0.00129. The highest BCUT2D eigenvalue weighted by Gasteiger charge is 2.68. The van der Waals surface area contributed by atoms with E-state index < -0.39 is 94.1 Å². The fourth-order valence-corrected chi connectivity index (χ4v) is 9.19. The third-order valence-electron chi connectivity index (χ3n) is 11.8. The molecule has 1 aromatic rings. The van der Waals surface area contributed by atoms with Gasteiger partial charge in [0.1, 0.15) is 18.3 Å². The first-order valence-corrected chi connectivity index (χ1v) is 18.0. The fourth-order valence-electron chi connectivity index (χ4n) is 9.07. The quantitative estimate of drug-likeness (QED) is 0.0984. The molecule has 9 atom stereocenters. The smallest absolute Gasteiger partial charge is 0.306 e. The van der Waals surface area contributed by atoms with Gasteiger partial charge in [0.2, 0.25) is 5.78 Å². The number of carbonyl (C=O) groups excluding carboxylic acids is 5. The molecule has 0 aromatic heterocycles. The van der Waals surface area contributed by atoms with Crippen LogP contribution in [0.4, 0.5) is 5.69 Å². The van der Waals surface area contributed by atoms with Crippen LogP contribution in [0.15, 0.2) is 48.1 Å². The SMILES string of the molecule is C[C@]12C=CC(=O)C=C1CC[C@@H]1C2[C@@H](O)C[C@@]2(C)[C@H]1CC[C@]2(O)C(=O)COC(=O)CCC(=O)OC[C@@H](NC(=O)C(Cl)Cl)[C@H](O)c1ccc([N+](=O)[O-])cc1. The zero-order valence-corrected chi connectivity index (χ0v) is 30.2. The van der Waals surface area contributed by atoms with Crippen molar-refractivity contribution in [3.05, 3.63) is 63.7 Å². The Morgan fingerprint density at radius 2 is 1.73 bits per heavy atom. The van der Waals surface area contributed by atoms with Crippen molar-refractivity contribution in [1.82, 2.24) is 5.32 Å². The molecule has 0 bridgehead atoms. The molecule has 16 heteroatoms. The number of alkyl halides is 2. The molecule has 0 heterocycles. The van der Waals surface area contributed by atoms with E-state index in [0.717, 1.165) is 17.7 Å². The number of Topliss-reactive ketones (excluding diaryl/α,β-unsaturated/α-hetero) is 1. The number of hydrogen-bond acceptors (Lipinski definition) is 12. The highest BCUT2D eigenvalue weighted by atomic mass is 35.5. The molecule has 3 saturated carbocycles. The summed E-state index contributed by atoms with van der Waals surface area (Å²) in [6, 6.07) is 3.54. The normalized spacial score (nSPS) is 31.7. The molecule has 282 valence electrons. The molecule has 0 aliphatic heterocycles. The first-order valence-electron chi connectivity index (χ1n) is 17.1. The molecule has 1 amide bonds. The number of rotatable bonds is 13. The van der Waals surface area contributed by atoms with E-state index in [-0.39, 0.29) is 47.6 Å². The van der Waals surface area contributed by atoms with Gasteiger partial charge in [0, 0.05) is 28.9 Å². The summed E-state index contributed by atoms with van der Waals surface area (Å²) < 4.78 is 10.3. The largest absolute Gasteiger partial charge is 0.463 e. The number of ether oxygens (including phenoxy) is 2. The zero-order valence-electron chi connectivity index (χ0n) is 28.7. The van der Waals surface area contributed by atoms with E-state index >= 15 is 0 Å². The minimum Gasteiger partial charge on any atom is -0.463 e. The van der Waals surface area contributed by atoms with Crippen molar-refractivity contribution in [1.29, 1.82) is 0 Å². The molecule has 1 aromatic carbocycles. The Kier molecular flexibility index (Phi) is 11.7. The van der Waals surface area contributed by atoms with Crippen LogP contribution in [-0.2, 0) is 33.4 Å². The van der Waals surface area contributed by atoms with Gasteiger partial charge in [0.25, 0.3) is 11.6 Å². The van der Waals surface area contributed by atoms with Crippen LogP contribution in [0.5, 0.6) is 0 Å². The van der Waals surface area contributed by atoms with Gasteiger partial charge in [-0.05, 0) is 73.8 Å². The van der Waals surface area contributed by atoms with E-state index in [1.165, 1.54) is 12.1 Å². The second-order valence-corrected chi connectivity index (χ2v) is 15.7. The number of aliphatic hydroxyl groups excluding tert-OH is 2. The maximum Gasteiger partial charge on any atom is 0.306 e. The van der Waals surface area contributed by atoms with E-state index in [9.17, 15) is 49.4 Å². The lowest BCUT2D eigenvalue weighted by Gasteiger charge is -2.59. The number of esters is 2. The van der Waals surface area contributed by atoms with E-state index in [0.29, 0.717) is 19.3 Å². The van der Waals surface area contributed by atoms with Crippen molar-refractivity contribution >= 4 is 58.3 Å². The van der Waals surface area contributed by atoms with Crippen molar-refractivity contribution in [2.75, 3.05) is 13.2 Å². The first-order chi connectivity index (χ1) is 24.4. The number of amides is 1. The van der Waals surface area contributed by atoms with Gasteiger partial charge >= 0.3 is 11.9 Å². The molecule has 4 aliphatic rings. The second-order valence-electron chi connectivity index (χ2n) is 14.6. The fraction of sp³-hybridized carbons (Fsp3) is 0.583. The number of halogens is 2. The highest BCUT2D eigenvalue weighted by Crippen LogP contribution is 2.67. The second kappa shape index (κ2) is 15.3. The Balaban J connectivity index is 1.14. The van der Waals surface area contributed by atoms with Gasteiger partial charge in [0.15, 0.2) is 17.2 Å². The van der Waals surface area contributed by atoms with Crippen LogP contribution in [0.3, 0.4) is 0 Å². The molecular formula is C36H42Cl2N2O12. The molecule has 4 N–H and O–H groups in total. The lowest BCUT2D eigenvalue weighted by Crippen LogP contribution is -2.61. The van der Waals surface area contributed by atoms with Crippen molar-refractivity contribution in [2.24, 2.45) is 28.6 Å². The molecular weight excluding hydrogens is 723 g/mol. The standard InChI is InChI=1S/C36H42Cl2N2O12/c1-34-13-11-22(41)15-20(34)5-8-23-24-12-14-36(48,35(24,2)16-26(42)30(23)34)27(43)18-52-29(45)10-9-28(44)51-17-25(39-33(47)32(37)38)31(46)19-3-6-21(7-4-19)40(49)50/h3-4,6-7,11,13,15,23-26,30-32,42,46,48H,5,8-10,12,14,16-18H2,1-2H3,(H,39,47)/t23-,24-,25+,26-,30?,31+,34-,35-,36-/m0/s1. The number of non-ortho nitro benzene ring substituents is 1. The third kappa shape index (κ3) is 7.54. The Morgan fingerprint density at radius 1 is 1.08 bits per heavy atom. The van der Waals surface area contributed by atoms with E-state index in [1.54, 1.807) is 12.2 Å². The molecule has 0 radical (unpaired) electrons. The number of carbonyl (C=O) groups is 5. The minimum atomic E-state index is -1.85. The van der Waals surface area contributed by atoms with Crippen LogP contribution in [-0.4, -0.2) is 85.5 Å². The molecule has 5 rings (SSSR count). The highest BCUT2D eigenvalue weighted by molar-refractivity contribution is 6.53. The zero-order chi connectivity index (χ0) is 38.2.